The molecule has 0 amide bonds. The minimum atomic E-state index is 0.155. The Hall–Kier alpha value is -3.62. The van der Waals surface area contributed by atoms with Crippen molar-refractivity contribution in [3.05, 3.63) is 130 Å². The third-order valence-electron chi connectivity index (χ3n) is 6.85. The van der Waals surface area contributed by atoms with Crippen LogP contribution >= 0.6 is 15.9 Å². The van der Waals surface area contributed by atoms with E-state index in [1.807, 2.05) is 6.07 Å². The van der Waals surface area contributed by atoms with E-state index in [9.17, 15) is 0 Å². The lowest BCUT2D eigenvalue weighted by Gasteiger charge is -2.20. The summed E-state index contributed by atoms with van der Waals surface area (Å²) in [5.74, 6) is 0.155. The molecule has 0 spiro atoms. The van der Waals surface area contributed by atoms with Gasteiger partial charge < -0.3 is 4.42 Å². The highest BCUT2D eigenvalue weighted by atomic mass is 79.9. The highest BCUT2D eigenvalue weighted by Gasteiger charge is 2.34. The van der Waals surface area contributed by atoms with Crippen molar-refractivity contribution in [2.24, 2.45) is 0 Å². The van der Waals surface area contributed by atoms with Gasteiger partial charge in [-0.3, -0.25) is 0 Å². The molecule has 1 unspecified atom stereocenters. The van der Waals surface area contributed by atoms with E-state index in [2.05, 4.69) is 119 Å². The van der Waals surface area contributed by atoms with Crippen LogP contribution in [0.1, 0.15) is 22.6 Å². The first kappa shape index (κ1) is 18.9. The van der Waals surface area contributed by atoms with Gasteiger partial charge in [0.25, 0.3) is 0 Å². The van der Waals surface area contributed by atoms with Crippen LogP contribution in [0.25, 0.3) is 44.2 Å². The summed E-state index contributed by atoms with van der Waals surface area (Å²) < 4.78 is 7.36. The van der Waals surface area contributed by atoms with Crippen LogP contribution in [-0.4, -0.2) is 0 Å². The second-order valence-corrected chi connectivity index (χ2v) is 9.45. The lowest BCUT2D eigenvalue weighted by molar-refractivity contribution is 0.669. The average Bonchev–Trinajstić information content (AvgIpc) is 3.40. The molecule has 0 fully saturated rings. The van der Waals surface area contributed by atoms with E-state index in [4.69, 9.17) is 4.42 Å². The van der Waals surface area contributed by atoms with Gasteiger partial charge in [-0.2, -0.15) is 0 Å². The summed E-state index contributed by atoms with van der Waals surface area (Å²) in [5.41, 5.74) is 11.0. The number of hydrogen-bond acceptors (Lipinski definition) is 1. The van der Waals surface area contributed by atoms with Gasteiger partial charge in [0.2, 0.25) is 0 Å². The number of para-hydroxylation sites is 1. The van der Waals surface area contributed by atoms with Crippen molar-refractivity contribution in [2.45, 2.75) is 5.92 Å². The lowest BCUT2D eigenvalue weighted by Crippen LogP contribution is -2.02. The first-order valence-corrected chi connectivity index (χ1v) is 12.0. The average molecular weight is 487 g/mol. The maximum atomic E-state index is 6.24. The molecule has 0 saturated carbocycles. The summed E-state index contributed by atoms with van der Waals surface area (Å²) in [6.07, 6.45) is 0. The van der Waals surface area contributed by atoms with Gasteiger partial charge in [0.15, 0.2) is 0 Å². The van der Waals surface area contributed by atoms with Gasteiger partial charge in [-0.25, -0.2) is 0 Å². The standard InChI is InChI=1S/C31H19BrO/c32-25-15-8-14-23(28(25)19-9-2-1-3-10-19)29-20-11-4-5-12-21(20)30-24(29)17-18-27-31(30)22-13-6-7-16-26(22)33-27/h1-18,29H. The molecule has 1 heterocycles. The SMILES string of the molecule is Brc1cccc(C2c3ccccc3-c3c2ccc2oc4ccccc4c32)c1-c1ccccc1. The second-order valence-electron chi connectivity index (χ2n) is 8.59. The number of fused-ring (bicyclic) bond motifs is 7. The minimum absolute atomic E-state index is 0.155. The largest absolute Gasteiger partial charge is 0.456 e. The van der Waals surface area contributed by atoms with Crippen LogP contribution in [0, 0.1) is 0 Å². The smallest absolute Gasteiger partial charge is 0.136 e. The number of furan rings is 1. The van der Waals surface area contributed by atoms with Crippen LogP contribution in [0.4, 0.5) is 0 Å². The Labute approximate surface area is 200 Å². The third kappa shape index (κ3) is 2.71. The van der Waals surface area contributed by atoms with Crippen molar-refractivity contribution in [2.75, 3.05) is 0 Å². The zero-order valence-corrected chi connectivity index (χ0v) is 19.3. The predicted octanol–water partition coefficient (Wildman–Crippen LogP) is 9.18. The Morgan fingerprint density at radius 1 is 0.545 bits per heavy atom. The Kier molecular flexibility index (Phi) is 4.12. The molecule has 7 rings (SSSR count). The van der Waals surface area contributed by atoms with E-state index >= 15 is 0 Å². The summed E-state index contributed by atoms with van der Waals surface area (Å²) in [6.45, 7) is 0. The summed E-state index contributed by atoms with van der Waals surface area (Å²) in [4.78, 5) is 0. The summed E-state index contributed by atoms with van der Waals surface area (Å²) >= 11 is 3.86. The molecule has 1 aliphatic rings. The molecule has 156 valence electrons. The van der Waals surface area contributed by atoms with E-state index in [1.54, 1.807) is 0 Å². The van der Waals surface area contributed by atoms with Crippen LogP contribution < -0.4 is 0 Å². The number of rotatable bonds is 2. The number of benzene rings is 5. The summed E-state index contributed by atoms with van der Waals surface area (Å²) in [7, 11) is 0. The van der Waals surface area contributed by atoms with Crippen LogP contribution in [0.5, 0.6) is 0 Å². The maximum Gasteiger partial charge on any atom is 0.136 e. The van der Waals surface area contributed by atoms with Gasteiger partial charge in [0.05, 0.1) is 0 Å². The van der Waals surface area contributed by atoms with E-state index in [1.165, 1.54) is 49.7 Å². The monoisotopic (exact) mass is 486 g/mol. The van der Waals surface area contributed by atoms with Gasteiger partial charge in [-0.1, -0.05) is 107 Å². The van der Waals surface area contributed by atoms with E-state index in [0.29, 0.717) is 0 Å². The van der Waals surface area contributed by atoms with Gasteiger partial charge in [0, 0.05) is 26.7 Å². The van der Waals surface area contributed by atoms with Crippen molar-refractivity contribution < 1.29 is 4.42 Å². The Bertz CT molecular complexity index is 1680. The van der Waals surface area contributed by atoms with Gasteiger partial charge in [-0.05, 0) is 51.6 Å². The molecule has 0 aliphatic heterocycles. The quantitative estimate of drug-likeness (QED) is 0.237. The molecule has 0 radical (unpaired) electrons. The van der Waals surface area contributed by atoms with E-state index in [-0.39, 0.29) is 5.92 Å². The molecule has 5 aromatic carbocycles. The molecule has 33 heavy (non-hydrogen) atoms. The second kappa shape index (κ2) is 7.19. The number of halogens is 1. The summed E-state index contributed by atoms with van der Waals surface area (Å²) in [6, 6.07) is 38.9. The molecule has 2 heteroatoms. The fourth-order valence-corrected chi connectivity index (χ4v) is 6.14. The molecule has 1 atom stereocenters. The van der Waals surface area contributed by atoms with Crippen molar-refractivity contribution in [1.29, 1.82) is 0 Å². The van der Waals surface area contributed by atoms with Gasteiger partial charge in [-0.15, -0.1) is 0 Å². The molecule has 0 saturated heterocycles. The van der Waals surface area contributed by atoms with Crippen LogP contribution in [0.3, 0.4) is 0 Å². The fraction of sp³-hybridized carbons (Fsp3) is 0.0323. The Balaban J connectivity index is 1.59. The minimum Gasteiger partial charge on any atom is -0.456 e. The third-order valence-corrected chi connectivity index (χ3v) is 7.51. The zero-order valence-electron chi connectivity index (χ0n) is 17.8. The first-order valence-electron chi connectivity index (χ1n) is 11.2. The van der Waals surface area contributed by atoms with Gasteiger partial charge >= 0.3 is 0 Å². The predicted molar refractivity (Wildman–Crippen MR) is 140 cm³/mol. The molecule has 1 nitrogen and oxygen atoms in total. The van der Waals surface area contributed by atoms with Crippen LogP contribution in [0.15, 0.2) is 118 Å². The summed E-state index contributed by atoms with van der Waals surface area (Å²) in [5, 5.41) is 2.40. The highest BCUT2D eigenvalue weighted by molar-refractivity contribution is 9.10. The Morgan fingerprint density at radius 3 is 2.18 bits per heavy atom. The molecule has 0 bridgehead atoms. The van der Waals surface area contributed by atoms with E-state index < -0.39 is 0 Å². The lowest BCUT2D eigenvalue weighted by atomic mass is 9.84. The van der Waals surface area contributed by atoms with Gasteiger partial charge in [0.1, 0.15) is 11.2 Å². The molecular formula is C31H19BrO. The Morgan fingerprint density at radius 2 is 1.27 bits per heavy atom. The number of hydrogen-bond donors (Lipinski definition) is 0. The normalized spacial score (nSPS) is 14.5. The zero-order chi connectivity index (χ0) is 21.9. The van der Waals surface area contributed by atoms with Crippen molar-refractivity contribution >= 4 is 37.9 Å². The molecule has 1 aliphatic carbocycles. The van der Waals surface area contributed by atoms with Crippen molar-refractivity contribution in [3.8, 4) is 22.3 Å². The topological polar surface area (TPSA) is 13.1 Å². The van der Waals surface area contributed by atoms with Crippen LogP contribution in [-0.2, 0) is 0 Å². The fourth-order valence-electron chi connectivity index (χ4n) is 5.53. The maximum absolute atomic E-state index is 6.24. The molecule has 6 aromatic rings. The molecular weight excluding hydrogens is 468 g/mol. The first-order chi connectivity index (χ1) is 16.3. The van der Waals surface area contributed by atoms with Crippen LogP contribution in [0.2, 0.25) is 0 Å². The van der Waals surface area contributed by atoms with Crippen molar-refractivity contribution in [1.82, 2.24) is 0 Å². The molecule has 0 N–H and O–H groups in total. The van der Waals surface area contributed by atoms with Crippen molar-refractivity contribution in [3.63, 3.8) is 0 Å². The highest BCUT2D eigenvalue weighted by Crippen LogP contribution is 2.54. The molecule has 1 aromatic heterocycles. The van der Waals surface area contributed by atoms with E-state index in [0.717, 1.165) is 15.6 Å².